The van der Waals surface area contributed by atoms with Crippen LogP contribution in [0.1, 0.15) is 64.2 Å². The van der Waals surface area contributed by atoms with E-state index in [1.165, 1.54) is 0 Å². The summed E-state index contributed by atoms with van der Waals surface area (Å²) in [5.41, 5.74) is 22.3. The molecule has 20 heteroatoms. The third-order valence-electron chi connectivity index (χ3n) is 6.24. The number of nitrogens with zero attached hydrogens (tertiary/aromatic N) is 2. The fourth-order valence-corrected chi connectivity index (χ4v) is 6.08. The van der Waals surface area contributed by atoms with Crippen molar-refractivity contribution in [1.29, 1.82) is 0 Å². The molecule has 0 amide bonds. The molecule has 0 aliphatic rings. The van der Waals surface area contributed by atoms with Crippen molar-refractivity contribution in [1.82, 2.24) is 9.80 Å². The molecule has 0 radical (unpaired) electrons. The van der Waals surface area contributed by atoms with Gasteiger partial charge in [0.2, 0.25) is 0 Å². The lowest BCUT2D eigenvalue weighted by molar-refractivity contribution is 0.234. The Morgan fingerprint density at radius 3 is 0.932 bits per heavy atom. The van der Waals surface area contributed by atoms with Crippen LogP contribution in [0, 0.1) is 0 Å². The van der Waals surface area contributed by atoms with Gasteiger partial charge in [-0.3, -0.25) is 9.13 Å². The van der Waals surface area contributed by atoms with Crippen molar-refractivity contribution >= 4 is 89.6 Å². The molecule has 0 bridgehead atoms. The summed E-state index contributed by atoms with van der Waals surface area (Å²) in [5, 5.41) is 0. The lowest BCUT2D eigenvalue weighted by atomic mass is 10.1. The summed E-state index contributed by atoms with van der Waals surface area (Å²) in [4.78, 5) is 24.5. The van der Waals surface area contributed by atoms with Crippen LogP contribution in [-0.2, 0) is 18.2 Å². The highest BCUT2D eigenvalue weighted by atomic mass is 35.5. The van der Waals surface area contributed by atoms with E-state index in [1.807, 2.05) is 0 Å². The van der Waals surface area contributed by atoms with E-state index in [0.717, 1.165) is 90.4 Å². The summed E-state index contributed by atoms with van der Waals surface area (Å²) in [5.74, 6) is 0. The van der Waals surface area contributed by atoms with E-state index in [2.05, 4.69) is 9.80 Å². The van der Waals surface area contributed by atoms with E-state index in [-0.39, 0.29) is 100.0 Å². The van der Waals surface area contributed by atoms with Crippen LogP contribution < -0.4 is 22.9 Å². The standard InChI is InChI=1S/C24H58N6O6P2.6ClH/c25-11-7-15-29(16-8-12-26)19-23-37(31,32)35-21-5-3-1-2-4-6-22-36-38(33,34)24-20-30(17-9-13-27)18-10-14-28;;;;;;/h1-28H2,(H,31,32)(H,33,34);6*1H. The summed E-state index contributed by atoms with van der Waals surface area (Å²) >= 11 is 0. The largest absolute Gasteiger partial charge is 0.330 e. The van der Waals surface area contributed by atoms with Gasteiger partial charge in [-0.15, -0.1) is 74.4 Å². The molecule has 2 unspecified atom stereocenters. The number of nitrogens with two attached hydrogens (primary N) is 4. The van der Waals surface area contributed by atoms with Crippen molar-refractivity contribution in [2.75, 3.05) is 91.0 Å². The zero-order valence-electron chi connectivity index (χ0n) is 26.0. The normalized spacial score (nSPS) is 13.2. The maximum Gasteiger partial charge on any atom is 0.329 e. The van der Waals surface area contributed by atoms with Gasteiger partial charge in [0.1, 0.15) is 0 Å². The summed E-state index contributed by atoms with van der Waals surface area (Å²) < 4.78 is 35.2. The van der Waals surface area contributed by atoms with Crippen molar-refractivity contribution in [2.24, 2.45) is 22.9 Å². The van der Waals surface area contributed by atoms with Crippen LogP contribution in [-0.4, -0.2) is 111 Å². The Morgan fingerprint density at radius 2 is 0.682 bits per heavy atom. The molecule has 2 atom stereocenters. The highest BCUT2D eigenvalue weighted by Gasteiger charge is 2.21. The maximum atomic E-state index is 12.3. The molecule has 278 valence electrons. The smallest absolute Gasteiger partial charge is 0.329 e. The molecule has 0 aromatic carbocycles. The lowest BCUT2D eigenvalue weighted by Crippen LogP contribution is -2.31. The Labute approximate surface area is 304 Å². The molecule has 0 spiro atoms. The van der Waals surface area contributed by atoms with Crippen LogP contribution in [0.3, 0.4) is 0 Å². The minimum Gasteiger partial charge on any atom is -0.330 e. The number of halogens is 6. The molecular weight excluding hydrogens is 743 g/mol. The highest BCUT2D eigenvalue weighted by molar-refractivity contribution is 7.53. The first kappa shape index (κ1) is 61.1. The second-order valence-electron chi connectivity index (χ2n) is 9.76. The zero-order valence-corrected chi connectivity index (χ0v) is 32.7. The lowest BCUT2D eigenvalue weighted by Gasteiger charge is -2.23. The Bertz CT molecular complexity index is 594. The van der Waals surface area contributed by atoms with Gasteiger partial charge in [-0.2, -0.15) is 0 Å². The highest BCUT2D eigenvalue weighted by Crippen LogP contribution is 2.42. The van der Waals surface area contributed by atoms with Crippen LogP contribution in [0.5, 0.6) is 0 Å². The van der Waals surface area contributed by atoms with Gasteiger partial charge in [0.05, 0.1) is 25.5 Å². The fourth-order valence-electron chi connectivity index (χ4n) is 3.92. The predicted octanol–water partition coefficient (Wildman–Crippen LogP) is 4.26. The van der Waals surface area contributed by atoms with Crippen LogP contribution in [0.25, 0.3) is 0 Å². The zero-order chi connectivity index (χ0) is 28.5. The second kappa shape index (κ2) is 41.0. The van der Waals surface area contributed by atoms with Gasteiger partial charge in [0.15, 0.2) is 0 Å². The molecule has 0 saturated heterocycles. The number of hydrogen-bond donors (Lipinski definition) is 6. The average molecular weight is 807 g/mol. The van der Waals surface area contributed by atoms with E-state index in [0.29, 0.717) is 39.3 Å². The van der Waals surface area contributed by atoms with Crippen molar-refractivity contribution in [3.8, 4) is 0 Å². The van der Waals surface area contributed by atoms with Crippen LogP contribution in [0.15, 0.2) is 0 Å². The topological polar surface area (TPSA) is 204 Å². The van der Waals surface area contributed by atoms with Gasteiger partial charge in [-0.05, 0) is 90.9 Å². The fraction of sp³-hybridized carbons (Fsp3) is 1.00. The average Bonchev–Trinajstić information content (AvgIpc) is 2.88. The van der Waals surface area contributed by atoms with Crippen molar-refractivity contribution in [3.63, 3.8) is 0 Å². The molecule has 10 N–H and O–H groups in total. The predicted molar refractivity (Wildman–Crippen MR) is 200 cm³/mol. The van der Waals surface area contributed by atoms with Gasteiger partial charge in [0, 0.05) is 13.1 Å². The third kappa shape index (κ3) is 40.0. The molecule has 0 rings (SSSR count). The molecular formula is C24H64Cl6N6O6P2. The molecule has 0 aromatic heterocycles. The molecule has 0 aliphatic carbocycles. The summed E-state index contributed by atoms with van der Waals surface area (Å²) in [7, 11) is -7.21. The van der Waals surface area contributed by atoms with E-state index < -0.39 is 15.2 Å². The van der Waals surface area contributed by atoms with Crippen molar-refractivity contribution < 1.29 is 28.0 Å². The first-order chi connectivity index (χ1) is 18.2. The minimum atomic E-state index is -3.61. The molecule has 12 nitrogen and oxygen atoms in total. The van der Waals surface area contributed by atoms with E-state index in [9.17, 15) is 18.9 Å². The first-order valence-corrected chi connectivity index (χ1v) is 17.9. The van der Waals surface area contributed by atoms with Crippen LogP contribution >= 0.6 is 89.6 Å². The summed E-state index contributed by atoms with van der Waals surface area (Å²) in [6.07, 6.45) is 8.79. The van der Waals surface area contributed by atoms with E-state index in [4.69, 9.17) is 32.0 Å². The Morgan fingerprint density at radius 1 is 0.432 bits per heavy atom. The molecule has 0 aliphatic heterocycles. The van der Waals surface area contributed by atoms with E-state index >= 15 is 0 Å². The van der Waals surface area contributed by atoms with Gasteiger partial charge < -0.3 is 51.6 Å². The molecule has 44 heavy (non-hydrogen) atoms. The molecule has 0 heterocycles. The Balaban J connectivity index is -0.000000456. The van der Waals surface area contributed by atoms with Gasteiger partial charge in [0.25, 0.3) is 0 Å². The molecule has 0 aromatic rings. The number of unbranched alkanes of at least 4 members (excludes halogenated alkanes) is 5. The molecule has 0 fully saturated rings. The van der Waals surface area contributed by atoms with Gasteiger partial charge in [-0.1, -0.05) is 25.7 Å². The van der Waals surface area contributed by atoms with E-state index in [1.54, 1.807) is 0 Å². The van der Waals surface area contributed by atoms with Gasteiger partial charge in [-0.25, -0.2) is 0 Å². The quantitative estimate of drug-likeness (QED) is 0.0464. The molecule has 0 saturated carbocycles. The number of hydrogen-bond acceptors (Lipinski definition) is 10. The Hall–Kier alpha value is 1.80. The third-order valence-corrected chi connectivity index (χ3v) is 8.94. The van der Waals surface area contributed by atoms with Crippen LogP contribution in [0.2, 0.25) is 0 Å². The first-order valence-electron chi connectivity index (χ1n) is 14.4. The van der Waals surface area contributed by atoms with Gasteiger partial charge >= 0.3 is 15.2 Å². The van der Waals surface area contributed by atoms with Crippen molar-refractivity contribution in [3.05, 3.63) is 0 Å². The van der Waals surface area contributed by atoms with Crippen LogP contribution in [0.4, 0.5) is 0 Å². The SMILES string of the molecule is Cl.Cl.Cl.Cl.Cl.Cl.NCCCN(CCCN)CCP(=O)(O)OCCCCCCCCOP(=O)(O)CCN(CCCN)CCCN. The van der Waals surface area contributed by atoms with Crippen molar-refractivity contribution in [2.45, 2.75) is 64.2 Å². The second-order valence-corrected chi connectivity index (χ2v) is 13.7. The summed E-state index contributed by atoms with van der Waals surface area (Å²) in [6, 6.07) is 0. The maximum absolute atomic E-state index is 12.3. The summed E-state index contributed by atoms with van der Waals surface area (Å²) in [6.45, 7) is 7.06. The minimum absolute atomic E-state index is 0. The number of rotatable bonds is 29. The Kier molecular flexibility index (Phi) is 56.9. The monoisotopic (exact) mass is 804 g/mol.